The third-order valence-corrected chi connectivity index (χ3v) is 6.80. The topological polar surface area (TPSA) is 54.3 Å². The smallest absolute Gasteiger partial charge is 0.308 e. The summed E-state index contributed by atoms with van der Waals surface area (Å²) in [5.41, 5.74) is 3.49. The van der Waals surface area contributed by atoms with Crippen LogP contribution in [0.2, 0.25) is 0 Å². The van der Waals surface area contributed by atoms with Crippen LogP contribution >= 0.6 is 11.3 Å². The van der Waals surface area contributed by atoms with Gasteiger partial charge in [0.05, 0.1) is 10.2 Å². The van der Waals surface area contributed by atoms with Gasteiger partial charge in [-0.15, -0.1) is 0 Å². The average molecular weight is 424 g/mol. The molecule has 0 aliphatic carbocycles. The van der Waals surface area contributed by atoms with Crippen molar-refractivity contribution in [2.45, 2.75) is 46.2 Å². The summed E-state index contributed by atoms with van der Waals surface area (Å²) in [6, 6.07) is 13.6. The highest BCUT2D eigenvalue weighted by Gasteiger charge is 2.16. The summed E-state index contributed by atoms with van der Waals surface area (Å²) < 4.78 is 2.67. The lowest BCUT2D eigenvalue weighted by molar-refractivity contribution is 0.102. The average Bonchev–Trinajstić information content (AvgIpc) is 3.05. The number of carbonyl (C=O) groups excluding carboxylic acids is 1. The highest BCUT2D eigenvalue weighted by atomic mass is 32.1. The van der Waals surface area contributed by atoms with Gasteiger partial charge in [0, 0.05) is 23.8 Å². The van der Waals surface area contributed by atoms with Gasteiger partial charge in [-0.2, -0.15) is 0 Å². The van der Waals surface area contributed by atoms with Gasteiger partial charge in [0.1, 0.15) is 0 Å². The predicted octanol–water partition coefficient (Wildman–Crippen LogP) is 5.13. The maximum atomic E-state index is 12.7. The molecule has 1 aliphatic heterocycles. The Morgan fingerprint density at radius 2 is 1.83 bits per heavy atom. The minimum absolute atomic E-state index is 0.0298. The van der Waals surface area contributed by atoms with Crippen molar-refractivity contribution in [3.63, 3.8) is 0 Å². The van der Waals surface area contributed by atoms with E-state index in [0.29, 0.717) is 11.3 Å². The zero-order chi connectivity index (χ0) is 21.3. The monoisotopic (exact) mass is 423 g/mol. The Bertz CT molecular complexity index is 1090. The summed E-state index contributed by atoms with van der Waals surface area (Å²) in [5, 5.41) is 2.96. The minimum atomic E-state index is -0.136. The van der Waals surface area contributed by atoms with E-state index in [9.17, 15) is 9.59 Å². The number of nitrogens with one attached hydrogen (secondary N) is 1. The molecule has 0 spiro atoms. The van der Waals surface area contributed by atoms with Gasteiger partial charge < -0.3 is 5.32 Å². The molecule has 1 fully saturated rings. The number of anilines is 1. The third-order valence-electron chi connectivity index (χ3n) is 5.89. The summed E-state index contributed by atoms with van der Waals surface area (Å²) in [4.78, 5) is 27.4. The van der Waals surface area contributed by atoms with Crippen molar-refractivity contribution in [1.29, 1.82) is 0 Å². The van der Waals surface area contributed by atoms with Crippen LogP contribution in [-0.2, 0) is 6.54 Å². The molecule has 4 rings (SSSR count). The van der Waals surface area contributed by atoms with Gasteiger partial charge in [-0.1, -0.05) is 30.4 Å². The molecule has 1 N–H and O–H groups in total. The maximum absolute atomic E-state index is 12.7. The first-order valence-corrected chi connectivity index (χ1v) is 11.5. The maximum Gasteiger partial charge on any atom is 0.308 e. The number of thiazole rings is 1. The summed E-state index contributed by atoms with van der Waals surface area (Å²) in [6.07, 6.45) is 2.53. The normalized spacial score (nSPS) is 15.7. The lowest BCUT2D eigenvalue weighted by Gasteiger charge is -2.30. The highest BCUT2D eigenvalue weighted by molar-refractivity contribution is 7.16. The third kappa shape index (κ3) is 4.50. The van der Waals surface area contributed by atoms with Crippen LogP contribution in [0.5, 0.6) is 0 Å². The number of rotatable bonds is 5. The number of hydrogen-bond donors (Lipinski definition) is 1. The molecular formula is C24H29N3O2S. The van der Waals surface area contributed by atoms with E-state index in [2.05, 4.69) is 17.1 Å². The summed E-state index contributed by atoms with van der Waals surface area (Å²) in [5.74, 6) is 0.694. The number of fused-ring (bicyclic) bond motifs is 1. The van der Waals surface area contributed by atoms with Crippen molar-refractivity contribution < 1.29 is 4.79 Å². The number of amides is 1. The van der Waals surface area contributed by atoms with Crippen LogP contribution in [0.4, 0.5) is 5.69 Å². The minimum Gasteiger partial charge on any atom is -0.322 e. The molecule has 6 heteroatoms. The van der Waals surface area contributed by atoms with E-state index in [1.54, 1.807) is 4.57 Å². The van der Waals surface area contributed by atoms with Gasteiger partial charge in [-0.05, 0) is 81.6 Å². The zero-order valence-corrected chi connectivity index (χ0v) is 18.7. The van der Waals surface area contributed by atoms with Gasteiger partial charge in [0.2, 0.25) is 0 Å². The molecule has 1 saturated heterocycles. The van der Waals surface area contributed by atoms with E-state index in [1.165, 1.54) is 29.7 Å². The van der Waals surface area contributed by atoms with Crippen LogP contribution in [0, 0.1) is 5.92 Å². The van der Waals surface area contributed by atoms with Crippen LogP contribution in [0.15, 0.2) is 47.3 Å². The molecule has 158 valence electrons. The van der Waals surface area contributed by atoms with Crippen LogP contribution in [-0.4, -0.2) is 28.5 Å². The van der Waals surface area contributed by atoms with Gasteiger partial charge in [0.15, 0.2) is 0 Å². The molecule has 1 aromatic heterocycles. The summed E-state index contributed by atoms with van der Waals surface area (Å²) in [6.45, 7) is 9.56. The lowest BCUT2D eigenvalue weighted by atomic mass is 9.99. The van der Waals surface area contributed by atoms with Crippen molar-refractivity contribution in [3.05, 3.63) is 63.3 Å². The van der Waals surface area contributed by atoms with E-state index in [4.69, 9.17) is 0 Å². The van der Waals surface area contributed by atoms with E-state index in [0.717, 1.165) is 35.8 Å². The molecule has 2 heterocycles. The van der Waals surface area contributed by atoms with Gasteiger partial charge >= 0.3 is 4.87 Å². The van der Waals surface area contributed by atoms with Crippen molar-refractivity contribution in [2.75, 3.05) is 18.4 Å². The molecule has 2 aromatic carbocycles. The Hall–Kier alpha value is -2.44. The number of piperidine rings is 1. The second-order valence-corrected chi connectivity index (χ2v) is 9.62. The second-order valence-electron chi connectivity index (χ2n) is 8.62. The molecule has 0 radical (unpaired) electrons. The van der Waals surface area contributed by atoms with E-state index in [-0.39, 0.29) is 16.8 Å². The van der Waals surface area contributed by atoms with Gasteiger partial charge in [0.25, 0.3) is 5.91 Å². The van der Waals surface area contributed by atoms with Crippen molar-refractivity contribution >= 4 is 33.1 Å². The summed E-state index contributed by atoms with van der Waals surface area (Å²) in [7, 11) is 0. The first-order valence-electron chi connectivity index (χ1n) is 10.7. The molecular weight excluding hydrogens is 394 g/mol. The van der Waals surface area contributed by atoms with E-state index >= 15 is 0 Å². The Balaban J connectivity index is 1.43. The molecule has 0 bridgehead atoms. The van der Waals surface area contributed by atoms with E-state index < -0.39 is 0 Å². The van der Waals surface area contributed by atoms with Crippen LogP contribution in [0.25, 0.3) is 10.2 Å². The fourth-order valence-electron chi connectivity index (χ4n) is 4.05. The molecule has 1 aliphatic rings. The van der Waals surface area contributed by atoms with Crippen LogP contribution in [0.1, 0.15) is 55.6 Å². The quantitative estimate of drug-likeness (QED) is 0.619. The van der Waals surface area contributed by atoms with Crippen LogP contribution < -0.4 is 10.2 Å². The number of hydrogen-bond acceptors (Lipinski definition) is 4. The molecule has 0 saturated carbocycles. The molecule has 1 amide bonds. The molecule has 0 atom stereocenters. The summed E-state index contributed by atoms with van der Waals surface area (Å²) >= 11 is 1.21. The molecule has 5 nitrogen and oxygen atoms in total. The number of carbonyl (C=O) groups is 1. The Kier molecular flexibility index (Phi) is 6.06. The van der Waals surface area contributed by atoms with Gasteiger partial charge in [-0.25, -0.2) is 0 Å². The van der Waals surface area contributed by atoms with Gasteiger partial charge in [-0.3, -0.25) is 19.1 Å². The van der Waals surface area contributed by atoms with Crippen molar-refractivity contribution in [1.82, 2.24) is 9.47 Å². The first kappa shape index (κ1) is 20.8. The Morgan fingerprint density at radius 3 is 2.50 bits per heavy atom. The van der Waals surface area contributed by atoms with Crippen LogP contribution in [0.3, 0.4) is 0 Å². The fraction of sp³-hybridized carbons (Fsp3) is 0.417. The Morgan fingerprint density at radius 1 is 1.13 bits per heavy atom. The predicted molar refractivity (Wildman–Crippen MR) is 125 cm³/mol. The zero-order valence-electron chi connectivity index (χ0n) is 17.9. The van der Waals surface area contributed by atoms with Crippen molar-refractivity contribution in [2.24, 2.45) is 5.92 Å². The largest absolute Gasteiger partial charge is 0.322 e. The highest BCUT2D eigenvalue weighted by Crippen LogP contribution is 2.24. The molecule has 0 unspecified atom stereocenters. The number of nitrogens with zero attached hydrogens (tertiary/aromatic N) is 2. The van der Waals surface area contributed by atoms with E-state index in [1.807, 2.05) is 56.3 Å². The van der Waals surface area contributed by atoms with Crippen molar-refractivity contribution in [3.8, 4) is 0 Å². The Labute approximate surface area is 181 Å². The SMILES string of the molecule is CC1CCN(Cc2ccc(C(=O)Nc3ccc4c(c3)sc(=O)n4C(C)C)cc2)CC1. The fourth-order valence-corrected chi connectivity index (χ4v) is 5.10. The number of benzene rings is 2. The standard InChI is InChI=1S/C24H29N3O2S/c1-16(2)27-21-9-8-20(14-22(21)30-24(27)29)25-23(28)19-6-4-18(5-7-19)15-26-12-10-17(3)11-13-26/h4-9,14,16-17H,10-13,15H2,1-3H3,(H,25,28). The second kappa shape index (κ2) is 8.74. The molecule has 3 aromatic rings. The first-order chi connectivity index (χ1) is 14.4. The number of likely N-dealkylation sites (tertiary alicyclic amines) is 1. The molecule has 30 heavy (non-hydrogen) atoms. The number of aromatic nitrogens is 1. The lowest BCUT2D eigenvalue weighted by Crippen LogP contribution is -2.32.